The number of anilines is 2. The molecule has 4 N–H and O–H groups in total. The third-order valence-electron chi connectivity index (χ3n) is 15.1. The highest BCUT2D eigenvalue weighted by atomic mass is 16.3. The number of hydrogen-bond donors (Lipinski definition) is 4. The van der Waals surface area contributed by atoms with Gasteiger partial charge in [0.25, 0.3) is 0 Å². The van der Waals surface area contributed by atoms with Gasteiger partial charge in [0.1, 0.15) is 0 Å². The molecule has 0 saturated carbocycles. The minimum atomic E-state index is -0.354. The summed E-state index contributed by atoms with van der Waals surface area (Å²) in [4.78, 5) is 0. The second-order valence-corrected chi connectivity index (χ2v) is 19.1. The van der Waals surface area contributed by atoms with Gasteiger partial charge in [-0.2, -0.15) is 0 Å². The summed E-state index contributed by atoms with van der Waals surface area (Å²) < 4.78 is 0. The van der Waals surface area contributed by atoms with Crippen molar-refractivity contribution in [2.75, 3.05) is 23.7 Å². The van der Waals surface area contributed by atoms with Gasteiger partial charge >= 0.3 is 0 Å². The molecule has 62 heavy (non-hydrogen) atoms. The van der Waals surface area contributed by atoms with Crippen molar-refractivity contribution >= 4 is 11.4 Å². The van der Waals surface area contributed by atoms with Crippen LogP contribution in [0.15, 0.2) is 97.1 Å². The minimum Gasteiger partial charge on any atom is -0.392 e. The highest BCUT2D eigenvalue weighted by Crippen LogP contribution is 2.51. The molecule has 0 unspecified atom stereocenters. The number of benzene rings is 4. The molecule has 0 radical (unpaired) electrons. The van der Waals surface area contributed by atoms with Gasteiger partial charge < -0.3 is 20.8 Å². The molecule has 0 fully saturated rings. The first-order valence-electron chi connectivity index (χ1n) is 25.5. The molecule has 0 amide bonds. The van der Waals surface area contributed by atoms with Crippen molar-refractivity contribution in [3.05, 3.63) is 130 Å². The van der Waals surface area contributed by atoms with Crippen LogP contribution in [0.5, 0.6) is 0 Å². The molecule has 4 aromatic carbocycles. The van der Waals surface area contributed by atoms with E-state index in [1.807, 2.05) is 0 Å². The number of aliphatic hydroxyl groups is 2. The lowest BCUT2D eigenvalue weighted by Gasteiger charge is -2.40. The molecule has 0 spiro atoms. The molecule has 6 atom stereocenters. The van der Waals surface area contributed by atoms with Crippen LogP contribution in [0.3, 0.4) is 0 Å². The lowest BCUT2D eigenvalue weighted by Crippen LogP contribution is -2.38. The number of nitrogens with one attached hydrogen (secondary N) is 2. The minimum absolute atomic E-state index is 0.0106. The third kappa shape index (κ3) is 12.8. The van der Waals surface area contributed by atoms with Gasteiger partial charge in [-0.25, -0.2) is 0 Å². The van der Waals surface area contributed by atoms with Crippen LogP contribution in [0.2, 0.25) is 0 Å². The second kappa shape index (κ2) is 25.6. The fraction of sp³-hybridized carbons (Fsp3) is 0.586. The zero-order valence-electron chi connectivity index (χ0n) is 40.0. The van der Waals surface area contributed by atoms with Gasteiger partial charge in [0.15, 0.2) is 0 Å². The standard InChI is InChI=1S/2C29H43NO/c2*1-4-7-9-13-21-30-25-17-16-23-18-20-29(6-3,19-8-5-2)28(31)27(26(23)22-25)24-14-11-10-12-15-24/h2*10-12,14-17,22,27-28,30-31H,4-9,13,18-21H2,1-3H3/t27-,28-,29+;27-,28-,29-/m01/s1. The van der Waals surface area contributed by atoms with Crippen molar-refractivity contribution in [3.63, 3.8) is 0 Å². The molecule has 2 aliphatic carbocycles. The number of hydrogen-bond acceptors (Lipinski definition) is 4. The van der Waals surface area contributed by atoms with Crippen LogP contribution >= 0.6 is 0 Å². The summed E-state index contributed by atoms with van der Waals surface area (Å²) in [6.07, 6.45) is 22.8. The molecular weight excluding hydrogens is 757 g/mol. The normalized spacial score (nSPS) is 23.2. The van der Waals surface area contributed by atoms with Crippen molar-refractivity contribution in [1.82, 2.24) is 0 Å². The molecule has 4 aromatic rings. The van der Waals surface area contributed by atoms with Gasteiger partial charge in [-0.15, -0.1) is 0 Å². The fourth-order valence-corrected chi connectivity index (χ4v) is 10.9. The quantitative estimate of drug-likeness (QED) is 0.0470. The predicted molar refractivity (Wildman–Crippen MR) is 268 cm³/mol. The predicted octanol–water partition coefficient (Wildman–Crippen LogP) is 15.4. The monoisotopic (exact) mass is 843 g/mol. The van der Waals surface area contributed by atoms with Crippen LogP contribution in [0.1, 0.15) is 202 Å². The van der Waals surface area contributed by atoms with Gasteiger partial charge in [-0.3, -0.25) is 0 Å². The molecule has 0 aromatic heterocycles. The van der Waals surface area contributed by atoms with Crippen LogP contribution in [-0.2, 0) is 12.8 Å². The maximum Gasteiger partial charge on any atom is 0.0705 e. The maximum atomic E-state index is 11.9. The summed E-state index contributed by atoms with van der Waals surface area (Å²) in [5, 5.41) is 31.2. The summed E-state index contributed by atoms with van der Waals surface area (Å²) in [5.74, 6) is 0.0784. The molecule has 0 saturated heterocycles. The molecule has 0 heterocycles. The summed E-state index contributed by atoms with van der Waals surface area (Å²) in [5.41, 5.74) is 10.3. The van der Waals surface area contributed by atoms with E-state index in [2.05, 4.69) is 149 Å². The molecule has 2 aliphatic rings. The summed E-state index contributed by atoms with van der Waals surface area (Å²) in [7, 11) is 0. The van der Waals surface area contributed by atoms with Gasteiger partial charge in [-0.1, -0.05) is 179 Å². The molecule has 0 aliphatic heterocycles. The fourth-order valence-electron chi connectivity index (χ4n) is 10.9. The first-order valence-corrected chi connectivity index (χ1v) is 25.5. The number of fused-ring (bicyclic) bond motifs is 2. The zero-order chi connectivity index (χ0) is 44.2. The Morgan fingerprint density at radius 1 is 0.468 bits per heavy atom. The topological polar surface area (TPSA) is 64.5 Å². The van der Waals surface area contributed by atoms with Crippen LogP contribution in [0.4, 0.5) is 11.4 Å². The van der Waals surface area contributed by atoms with Crippen LogP contribution in [0, 0.1) is 10.8 Å². The van der Waals surface area contributed by atoms with Gasteiger partial charge in [-0.05, 0) is 133 Å². The Bertz CT molecular complexity index is 1710. The Labute approximate surface area is 379 Å². The number of aryl methyl sites for hydroxylation is 2. The van der Waals surface area contributed by atoms with E-state index < -0.39 is 0 Å². The Morgan fingerprint density at radius 3 is 1.21 bits per heavy atom. The lowest BCUT2D eigenvalue weighted by atomic mass is 9.67. The average molecular weight is 843 g/mol. The van der Waals surface area contributed by atoms with Crippen LogP contribution in [-0.4, -0.2) is 35.5 Å². The van der Waals surface area contributed by atoms with Crippen molar-refractivity contribution in [2.24, 2.45) is 10.8 Å². The molecule has 4 heteroatoms. The van der Waals surface area contributed by atoms with E-state index in [0.29, 0.717) is 0 Å². The van der Waals surface area contributed by atoms with E-state index in [1.54, 1.807) is 0 Å². The highest BCUT2D eigenvalue weighted by molar-refractivity contribution is 5.54. The van der Waals surface area contributed by atoms with E-state index in [9.17, 15) is 10.2 Å². The average Bonchev–Trinajstić information content (AvgIpc) is 3.51. The number of rotatable bonds is 22. The SMILES string of the molecule is CCCCCCNc1ccc2c(c1)[C@@H](c1ccccc1)[C@@H](O)[C@](CC)(CCCC)CC2.CCCCCCNc1ccc2c(c1)[C@H](c1ccccc1)[C@H](O)[C@](CC)(CCCC)CC2. The third-order valence-corrected chi connectivity index (χ3v) is 15.1. The van der Waals surface area contributed by atoms with Gasteiger partial charge in [0.2, 0.25) is 0 Å². The molecular formula is C58H86N2O2. The maximum absolute atomic E-state index is 11.9. The smallest absolute Gasteiger partial charge is 0.0705 e. The van der Waals surface area contributed by atoms with Crippen molar-refractivity contribution in [2.45, 2.75) is 194 Å². The first kappa shape index (κ1) is 49.4. The van der Waals surface area contributed by atoms with E-state index >= 15 is 0 Å². The largest absolute Gasteiger partial charge is 0.392 e. The molecule has 6 rings (SSSR count). The Morgan fingerprint density at radius 2 is 0.855 bits per heavy atom. The number of aliphatic hydroxyl groups excluding tert-OH is 2. The van der Waals surface area contributed by atoms with Crippen molar-refractivity contribution < 1.29 is 10.2 Å². The Kier molecular flexibility index (Phi) is 20.4. The zero-order valence-corrected chi connectivity index (χ0v) is 40.0. The van der Waals surface area contributed by atoms with Crippen molar-refractivity contribution in [1.29, 1.82) is 0 Å². The summed E-state index contributed by atoms with van der Waals surface area (Å²) in [6, 6.07) is 35.2. The van der Waals surface area contributed by atoms with Crippen LogP contribution in [0.25, 0.3) is 0 Å². The van der Waals surface area contributed by atoms with E-state index in [1.165, 1.54) is 122 Å². The van der Waals surface area contributed by atoms with E-state index in [-0.39, 0.29) is 34.9 Å². The summed E-state index contributed by atoms with van der Waals surface area (Å²) >= 11 is 0. The molecule has 340 valence electrons. The highest BCUT2D eigenvalue weighted by Gasteiger charge is 2.45. The van der Waals surface area contributed by atoms with Crippen molar-refractivity contribution in [3.8, 4) is 0 Å². The Hall–Kier alpha value is -3.60. The van der Waals surface area contributed by atoms with Crippen LogP contribution < -0.4 is 10.6 Å². The van der Waals surface area contributed by atoms with E-state index in [4.69, 9.17) is 0 Å². The number of unbranched alkanes of at least 4 members (excludes halogenated alkanes) is 8. The van der Waals surface area contributed by atoms with E-state index in [0.717, 1.165) is 64.5 Å². The summed E-state index contributed by atoms with van der Waals surface area (Å²) in [6.45, 7) is 15.6. The lowest BCUT2D eigenvalue weighted by molar-refractivity contribution is -0.00163. The second-order valence-electron chi connectivity index (χ2n) is 19.1. The van der Waals surface area contributed by atoms with Gasteiger partial charge in [0.05, 0.1) is 12.2 Å². The Balaban J connectivity index is 0.000000234. The first-order chi connectivity index (χ1) is 30.3. The molecule has 4 nitrogen and oxygen atoms in total. The molecule has 0 bridgehead atoms. The van der Waals surface area contributed by atoms with Gasteiger partial charge in [0, 0.05) is 36.3 Å².